The summed E-state index contributed by atoms with van der Waals surface area (Å²) in [4.78, 5) is 13.1. The van der Waals surface area contributed by atoms with Gasteiger partial charge in [0.25, 0.3) is 0 Å². The van der Waals surface area contributed by atoms with E-state index in [1.807, 2.05) is 13.0 Å². The second-order valence-corrected chi connectivity index (χ2v) is 5.03. The van der Waals surface area contributed by atoms with Crippen molar-refractivity contribution in [3.05, 3.63) is 33.8 Å². The maximum atomic E-state index is 10.9. The number of aromatic carboxylic acids is 1. The third-order valence-corrected chi connectivity index (χ3v) is 3.64. The molecule has 0 aliphatic rings. The molecule has 1 aromatic carbocycles. The van der Waals surface area contributed by atoms with E-state index in [0.717, 1.165) is 42.9 Å². The van der Waals surface area contributed by atoms with Gasteiger partial charge >= 0.3 is 5.97 Å². The van der Waals surface area contributed by atoms with Gasteiger partial charge < -0.3 is 9.84 Å². The molecule has 0 atom stereocenters. The molecule has 0 aromatic heterocycles. The molecule has 5 heteroatoms. The number of carbonyl (C=O) groups is 1. The minimum Gasteiger partial charge on any atom is -0.478 e. The normalized spacial score (nSPS) is 10.9. The molecule has 19 heavy (non-hydrogen) atoms. The number of carboxylic acids is 1. The van der Waals surface area contributed by atoms with E-state index in [4.69, 9.17) is 9.84 Å². The minimum atomic E-state index is -0.907. The topological polar surface area (TPSA) is 49.8 Å². The first-order valence-electron chi connectivity index (χ1n) is 6.40. The summed E-state index contributed by atoms with van der Waals surface area (Å²) >= 11 is 3.43. The molecule has 0 unspecified atom stereocenters. The Labute approximate surface area is 122 Å². The molecule has 106 valence electrons. The molecule has 0 bridgehead atoms. The molecule has 4 nitrogen and oxygen atoms in total. The predicted octanol–water partition coefficient (Wildman–Crippen LogP) is 3.01. The molecule has 1 N–H and O–H groups in total. The van der Waals surface area contributed by atoms with Gasteiger partial charge in [-0.2, -0.15) is 0 Å². The van der Waals surface area contributed by atoms with Gasteiger partial charge in [-0.05, 0) is 31.2 Å². The van der Waals surface area contributed by atoms with Gasteiger partial charge in [-0.1, -0.05) is 28.9 Å². The number of rotatable bonds is 8. The highest BCUT2D eigenvalue weighted by Gasteiger charge is 2.09. The summed E-state index contributed by atoms with van der Waals surface area (Å²) in [7, 11) is 0. The van der Waals surface area contributed by atoms with Crippen molar-refractivity contribution in [2.24, 2.45) is 0 Å². The van der Waals surface area contributed by atoms with Crippen LogP contribution in [0.15, 0.2) is 22.7 Å². The van der Waals surface area contributed by atoms with Crippen molar-refractivity contribution in [2.45, 2.75) is 20.4 Å². The third kappa shape index (κ3) is 5.30. The first-order valence-corrected chi connectivity index (χ1v) is 7.19. The molecule has 1 aromatic rings. The van der Waals surface area contributed by atoms with Crippen LogP contribution in [0.5, 0.6) is 0 Å². The Kier molecular flexibility index (Phi) is 7.05. The van der Waals surface area contributed by atoms with Crippen LogP contribution in [0.3, 0.4) is 0 Å². The molecule has 1 rings (SSSR count). The lowest BCUT2D eigenvalue weighted by molar-refractivity contribution is 0.0697. The van der Waals surface area contributed by atoms with E-state index in [2.05, 4.69) is 27.8 Å². The van der Waals surface area contributed by atoms with Gasteiger partial charge in [-0.15, -0.1) is 0 Å². The lowest BCUT2D eigenvalue weighted by Gasteiger charge is -2.21. The van der Waals surface area contributed by atoms with Crippen LogP contribution in [0.1, 0.15) is 29.8 Å². The summed E-state index contributed by atoms with van der Waals surface area (Å²) in [6.07, 6.45) is 0. The lowest BCUT2D eigenvalue weighted by atomic mass is 10.1. The van der Waals surface area contributed by atoms with Crippen LogP contribution in [0, 0.1) is 0 Å². The zero-order chi connectivity index (χ0) is 14.3. The molecular weight excluding hydrogens is 310 g/mol. The Hall–Kier alpha value is -0.910. The van der Waals surface area contributed by atoms with Gasteiger partial charge in [0.2, 0.25) is 0 Å². The van der Waals surface area contributed by atoms with Crippen molar-refractivity contribution in [3.63, 3.8) is 0 Å². The van der Waals surface area contributed by atoms with Crippen LogP contribution in [-0.4, -0.2) is 42.3 Å². The number of hydrogen-bond acceptors (Lipinski definition) is 3. The largest absolute Gasteiger partial charge is 0.478 e. The molecule has 0 heterocycles. The Balaban J connectivity index is 2.66. The third-order valence-electron chi connectivity index (χ3n) is 2.90. The van der Waals surface area contributed by atoms with Crippen molar-refractivity contribution >= 4 is 21.9 Å². The molecule has 0 spiro atoms. The lowest BCUT2D eigenvalue weighted by Crippen LogP contribution is -2.27. The molecule has 0 saturated heterocycles. The number of likely N-dealkylation sites (N-methyl/N-ethyl adjacent to an activating group) is 1. The van der Waals surface area contributed by atoms with Gasteiger partial charge in [-0.3, -0.25) is 4.90 Å². The van der Waals surface area contributed by atoms with Gasteiger partial charge in [0.05, 0.1) is 12.2 Å². The summed E-state index contributed by atoms with van der Waals surface area (Å²) < 4.78 is 6.19. The average Bonchev–Trinajstić information content (AvgIpc) is 2.39. The summed E-state index contributed by atoms with van der Waals surface area (Å²) in [6.45, 7) is 8.12. The highest BCUT2D eigenvalue weighted by molar-refractivity contribution is 9.10. The molecule has 0 saturated carbocycles. The molecule has 0 fully saturated rings. The highest BCUT2D eigenvalue weighted by Crippen LogP contribution is 2.20. The SMILES string of the molecule is CCOCCN(CC)Cc1ccc(C(=O)O)cc1Br. The van der Waals surface area contributed by atoms with Crippen LogP contribution in [0.4, 0.5) is 0 Å². The van der Waals surface area contributed by atoms with E-state index >= 15 is 0 Å². The number of carboxylic acid groups (broad SMARTS) is 1. The second-order valence-electron chi connectivity index (χ2n) is 4.18. The van der Waals surface area contributed by atoms with Crippen molar-refractivity contribution in [3.8, 4) is 0 Å². The molecule has 0 aliphatic carbocycles. The zero-order valence-electron chi connectivity index (χ0n) is 11.4. The van der Waals surface area contributed by atoms with Crippen LogP contribution < -0.4 is 0 Å². The maximum absolute atomic E-state index is 10.9. The van der Waals surface area contributed by atoms with Crippen LogP contribution in [0.25, 0.3) is 0 Å². The Morgan fingerprint density at radius 2 is 2.16 bits per heavy atom. The van der Waals surface area contributed by atoms with Gasteiger partial charge in [0.15, 0.2) is 0 Å². The summed E-state index contributed by atoms with van der Waals surface area (Å²) in [5, 5.41) is 8.92. The summed E-state index contributed by atoms with van der Waals surface area (Å²) in [5.41, 5.74) is 1.39. The van der Waals surface area contributed by atoms with Crippen LogP contribution >= 0.6 is 15.9 Å². The van der Waals surface area contributed by atoms with E-state index in [1.165, 1.54) is 0 Å². The Morgan fingerprint density at radius 1 is 1.42 bits per heavy atom. The second kappa shape index (κ2) is 8.30. The minimum absolute atomic E-state index is 0.299. The van der Waals surface area contributed by atoms with E-state index < -0.39 is 5.97 Å². The Bertz CT molecular complexity index is 423. The fourth-order valence-corrected chi connectivity index (χ4v) is 2.24. The van der Waals surface area contributed by atoms with E-state index in [-0.39, 0.29) is 0 Å². The number of nitrogens with zero attached hydrogens (tertiary/aromatic N) is 1. The first-order chi connectivity index (χ1) is 9.08. The van der Waals surface area contributed by atoms with E-state index in [1.54, 1.807) is 12.1 Å². The number of hydrogen-bond donors (Lipinski definition) is 1. The zero-order valence-corrected chi connectivity index (χ0v) is 12.9. The number of halogens is 1. The Morgan fingerprint density at radius 3 is 2.68 bits per heavy atom. The van der Waals surface area contributed by atoms with Gasteiger partial charge in [0.1, 0.15) is 0 Å². The monoisotopic (exact) mass is 329 g/mol. The molecule has 0 aliphatic heterocycles. The summed E-state index contributed by atoms with van der Waals surface area (Å²) in [5.74, 6) is -0.907. The molecule has 0 amide bonds. The summed E-state index contributed by atoms with van der Waals surface area (Å²) in [6, 6.07) is 5.14. The maximum Gasteiger partial charge on any atom is 0.335 e. The van der Waals surface area contributed by atoms with Crippen molar-refractivity contribution in [1.82, 2.24) is 4.90 Å². The fraction of sp³-hybridized carbons (Fsp3) is 0.500. The van der Waals surface area contributed by atoms with Crippen molar-refractivity contribution in [2.75, 3.05) is 26.3 Å². The standard InChI is InChI=1S/C14H20BrNO3/c1-3-16(7-8-19-4-2)10-12-6-5-11(14(17)18)9-13(12)15/h5-6,9H,3-4,7-8,10H2,1-2H3,(H,17,18). The van der Waals surface area contributed by atoms with Gasteiger partial charge in [-0.25, -0.2) is 4.79 Å². The van der Waals surface area contributed by atoms with E-state index in [0.29, 0.717) is 5.56 Å². The fourth-order valence-electron chi connectivity index (χ4n) is 1.74. The molecular formula is C14H20BrNO3. The quantitative estimate of drug-likeness (QED) is 0.745. The smallest absolute Gasteiger partial charge is 0.335 e. The predicted molar refractivity (Wildman–Crippen MR) is 78.5 cm³/mol. The van der Waals surface area contributed by atoms with E-state index in [9.17, 15) is 4.79 Å². The average molecular weight is 330 g/mol. The number of benzene rings is 1. The number of ether oxygens (including phenoxy) is 1. The highest BCUT2D eigenvalue weighted by atomic mass is 79.9. The van der Waals surface area contributed by atoms with Gasteiger partial charge in [0, 0.05) is 24.2 Å². The van der Waals surface area contributed by atoms with Crippen LogP contribution in [-0.2, 0) is 11.3 Å². The van der Waals surface area contributed by atoms with Crippen LogP contribution in [0.2, 0.25) is 0 Å². The van der Waals surface area contributed by atoms with Crippen molar-refractivity contribution < 1.29 is 14.6 Å². The first kappa shape index (κ1) is 16.1. The van der Waals surface area contributed by atoms with Crippen molar-refractivity contribution in [1.29, 1.82) is 0 Å². The molecule has 0 radical (unpaired) electrons.